The van der Waals surface area contributed by atoms with Crippen LogP contribution in [0, 0.1) is 0 Å². The highest BCUT2D eigenvalue weighted by Crippen LogP contribution is 2.31. The summed E-state index contributed by atoms with van der Waals surface area (Å²) < 4.78 is 21.0. The maximum Gasteiger partial charge on any atom is 0.363 e. The number of esters is 2. The fourth-order valence-corrected chi connectivity index (χ4v) is 2.93. The fourth-order valence-electron chi connectivity index (χ4n) is 2.71. The molecule has 0 saturated carbocycles. The summed E-state index contributed by atoms with van der Waals surface area (Å²) in [4.78, 5) is 28.6. The number of hydrogen-bond donors (Lipinski definition) is 0. The molecular weight excluding hydrogens is 410 g/mol. The summed E-state index contributed by atoms with van der Waals surface area (Å²) in [5.74, 6) is -0.268. The van der Waals surface area contributed by atoms with Crippen molar-refractivity contribution in [1.29, 1.82) is 0 Å². The third kappa shape index (κ3) is 3.97. The first kappa shape index (κ1) is 19.5. The lowest BCUT2D eigenvalue weighted by molar-refractivity contribution is -0.130. The van der Waals surface area contributed by atoms with Gasteiger partial charge in [0, 0.05) is 0 Å². The Labute approximate surface area is 176 Å². The summed E-state index contributed by atoms with van der Waals surface area (Å²) in [6.45, 7) is 0. The van der Waals surface area contributed by atoms with E-state index < -0.39 is 11.9 Å². The van der Waals surface area contributed by atoms with Gasteiger partial charge in [0.15, 0.2) is 23.0 Å². The lowest BCUT2D eigenvalue weighted by Gasteiger charge is -2.10. The number of methoxy groups -OCH3 is 1. The summed E-state index contributed by atoms with van der Waals surface area (Å²) >= 11 is 6.04. The van der Waals surface area contributed by atoms with Crippen molar-refractivity contribution >= 4 is 35.5 Å². The largest absolute Gasteiger partial charge is 0.493 e. The molecule has 0 bridgehead atoms. The molecule has 0 radical (unpaired) electrons. The van der Waals surface area contributed by atoms with Gasteiger partial charge in [-0.2, -0.15) is 0 Å². The molecule has 0 saturated heterocycles. The molecular formula is C22H14ClNO6. The van der Waals surface area contributed by atoms with Gasteiger partial charge in [0.2, 0.25) is 0 Å². The summed E-state index contributed by atoms with van der Waals surface area (Å²) in [6, 6.07) is 14.7. The third-order valence-electron chi connectivity index (χ3n) is 4.14. The summed E-state index contributed by atoms with van der Waals surface area (Å²) in [5.41, 5.74) is 0.936. The van der Waals surface area contributed by atoms with Crippen molar-refractivity contribution in [1.82, 2.24) is 0 Å². The van der Waals surface area contributed by atoms with Gasteiger partial charge in [-0.25, -0.2) is 14.6 Å². The predicted octanol–water partition coefficient (Wildman–Crippen LogP) is 4.51. The van der Waals surface area contributed by atoms with Crippen molar-refractivity contribution in [2.24, 2.45) is 4.99 Å². The molecule has 2 aromatic carbocycles. The third-order valence-corrected chi connectivity index (χ3v) is 4.47. The van der Waals surface area contributed by atoms with Crippen molar-refractivity contribution in [2.45, 2.75) is 0 Å². The molecule has 1 aliphatic rings. The van der Waals surface area contributed by atoms with Gasteiger partial charge < -0.3 is 18.6 Å². The number of nitrogens with zero attached hydrogens (tertiary/aromatic N) is 1. The highest BCUT2D eigenvalue weighted by atomic mass is 35.5. The molecule has 0 amide bonds. The van der Waals surface area contributed by atoms with E-state index in [9.17, 15) is 9.59 Å². The number of rotatable bonds is 5. The first-order chi connectivity index (χ1) is 14.5. The Hall–Kier alpha value is -3.84. The number of carbonyl (C=O) groups is 2. The van der Waals surface area contributed by atoms with E-state index in [0.717, 1.165) is 0 Å². The van der Waals surface area contributed by atoms with Crippen molar-refractivity contribution in [3.05, 3.63) is 88.5 Å². The lowest BCUT2D eigenvalue weighted by atomic mass is 10.1. The van der Waals surface area contributed by atoms with Crippen LogP contribution in [0.1, 0.15) is 21.7 Å². The Morgan fingerprint density at radius 1 is 1.10 bits per heavy atom. The van der Waals surface area contributed by atoms with Crippen LogP contribution in [-0.2, 0) is 9.53 Å². The van der Waals surface area contributed by atoms with E-state index in [2.05, 4.69) is 4.99 Å². The zero-order valence-electron chi connectivity index (χ0n) is 15.6. The number of cyclic esters (lactones) is 1. The molecule has 0 fully saturated rings. The number of carbonyl (C=O) groups excluding carboxylic acids is 2. The molecule has 3 aromatic rings. The second kappa shape index (κ2) is 8.26. The molecule has 0 atom stereocenters. The van der Waals surface area contributed by atoms with Crippen molar-refractivity contribution in [3.8, 4) is 11.5 Å². The quantitative estimate of drug-likeness (QED) is 0.341. The Bertz CT molecular complexity index is 1180. The maximum atomic E-state index is 12.4. The van der Waals surface area contributed by atoms with Crippen LogP contribution in [0.4, 0.5) is 0 Å². The minimum absolute atomic E-state index is 0.0912. The van der Waals surface area contributed by atoms with Gasteiger partial charge in [-0.05, 0) is 48.0 Å². The number of hydrogen-bond acceptors (Lipinski definition) is 7. The molecule has 1 aliphatic heterocycles. The van der Waals surface area contributed by atoms with E-state index in [1.165, 1.54) is 19.4 Å². The average molecular weight is 424 g/mol. The van der Waals surface area contributed by atoms with Gasteiger partial charge in [0.25, 0.3) is 5.90 Å². The fraction of sp³-hybridized carbons (Fsp3) is 0.0455. The molecule has 2 heterocycles. The van der Waals surface area contributed by atoms with Gasteiger partial charge in [-0.1, -0.05) is 29.8 Å². The van der Waals surface area contributed by atoms with E-state index in [1.54, 1.807) is 54.6 Å². The number of benzene rings is 2. The van der Waals surface area contributed by atoms with Crippen LogP contribution in [0.25, 0.3) is 6.08 Å². The minimum atomic E-state index is -0.614. The first-order valence-electron chi connectivity index (χ1n) is 8.76. The second-order valence-electron chi connectivity index (χ2n) is 6.09. The molecule has 0 unspecified atom stereocenters. The molecule has 30 heavy (non-hydrogen) atoms. The number of ether oxygens (including phenoxy) is 3. The first-order valence-corrected chi connectivity index (χ1v) is 9.14. The Morgan fingerprint density at radius 2 is 1.93 bits per heavy atom. The molecule has 0 spiro atoms. The molecule has 150 valence electrons. The van der Waals surface area contributed by atoms with E-state index in [4.69, 9.17) is 30.2 Å². The summed E-state index contributed by atoms with van der Waals surface area (Å²) in [5, 5.41) is 0.285. The minimum Gasteiger partial charge on any atom is -0.493 e. The van der Waals surface area contributed by atoms with E-state index in [1.807, 2.05) is 0 Å². The SMILES string of the molecule is COc1cc(/C=C2\N=C(c3ccco3)OC2=O)ccc1OC(=O)c1ccccc1Cl. The Morgan fingerprint density at radius 3 is 2.67 bits per heavy atom. The molecule has 1 aromatic heterocycles. The van der Waals surface area contributed by atoms with Gasteiger partial charge in [0.1, 0.15) is 0 Å². The second-order valence-corrected chi connectivity index (χ2v) is 6.50. The van der Waals surface area contributed by atoms with Gasteiger partial charge in [-0.3, -0.25) is 0 Å². The number of aliphatic imine (C=N–C) groups is 1. The smallest absolute Gasteiger partial charge is 0.363 e. The molecule has 4 rings (SSSR count). The van der Waals surface area contributed by atoms with Gasteiger partial charge in [-0.15, -0.1) is 0 Å². The zero-order valence-corrected chi connectivity index (χ0v) is 16.4. The van der Waals surface area contributed by atoms with Crippen LogP contribution in [0.15, 0.2) is 76.0 Å². The molecule has 0 N–H and O–H groups in total. The van der Waals surface area contributed by atoms with Crippen LogP contribution in [0.3, 0.4) is 0 Å². The Balaban J connectivity index is 1.58. The van der Waals surface area contributed by atoms with Crippen molar-refractivity contribution < 1.29 is 28.2 Å². The highest BCUT2D eigenvalue weighted by Gasteiger charge is 2.26. The van der Waals surface area contributed by atoms with Gasteiger partial charge >= 0.3 is 11.9 Å². The summed E-state index contributed by atoms with van der Waals surface area (Å²) in [7, 11) is 1.44. The Kier molecular flexibility index (Phi) is 5.36. The lowest BCUT2D eigenvalue weighted by Crippen LogP contribution is -2.09. The van der Waals surface area contributed by atoms with Gasteiger partial charge in [0.05, 0.1) is 24.0 Å². The van der Waals surface area contributed by atoms with E-state index in [0.29, 0.717) is 17.1 Å². The van der Waals surface area contributed by atoms with Crippen LogP contribution < -0.4 is 9.47 Å². The van der Waals surface area contributed by atoms with Crippen LogP contribution in [0.5, 0.6) is 11.5 Å². The zero-order chi connectivity index (χ0) is 21.1. The normalized spacial score (nSPS) is 14.4. The van der Waals surface area contributed by atoms with Crippen LogP contribution >= 0.6 is 11.6 Å². The average Bonchev–Trinajstić information content (AvgIpc) is 3.39. The topological polar surface area (TPSA) is 87.3 Å². The van der Waals surface area contributed by atoms with Crippen LogP contribution in [-0.4, -0.2) is 24.9 Å². The molecule has 0 aliphatic carbocycles. The summed E-state index contributed by atoms with van der Waals surface area (Å²) in [6.07, 6.45) is 2.99. The standard InChI is InChI=1S/C22H14ClNO6/c1-27-19-12-13(11-16-22(26)30-20(24-16)18-7-4-10-28-18)8-9-17(19)29-21(25)14-5-2-3-6-15(14)23/h2-12H,1H3/b16-11-. The monoisotopic (exact) mass is 423 g/mol. The van der Waals surface area contributed by atoms with Crippen molar-refractivity contribution in [3.63, 3.8) is 0 Å². The highest BCUT2D eigenvalue weighted by molar-refractivity contribution is 6.33. The van der Waals surface area contributed by atoms with Crippen molar-refractivity contribution in [2.75, 3.05) is 7.11 Å². The van der Waals surface area contributed by atoms with E-state index >= 15 is 0 Å². The number of furan rings is 1. The molecule has 7 nitrogen and oxygen atoms in total. The van der Waals surface area contributed by atoms with E-state index in [-0.39, 0.29) is 27.9 Å². The maximum absolute atomic E-state index is 12.4. The number of halogens is 1. The predicted molar refractivity (Wildman–Crippen MR) is 109 cm³/mol. The molecule has 8 heteroatoms. The van der Waals surface area contributed by atoms with Crippen LogP contribution in [0.2, 0.25) is 5.02 Å².